The predicted octanol–water partition coefficient (Wildman–Crippen LogP) is 4.51. The quantitative estimate of drug-likeness (QED) is 0.228. The number of hydrogen-bond acceptors (Lipinski definition) is 7. The number of aliphatic hydroxyl groups excluding tert-OH is 1. The summed E-state index contributed by atoms with van der Waals surface area (Å²) in [5.41, 5.74) is 1.96. The van der Waals surface area contributed by atoms with Crippen LogP contribution in [0, 0.1) is 6.92 Å². The van der Waals surface area contributed by atoms with Gasteiger partial charge in [-0.25, -0.2) is 4.79 Å². The number of esters is 1. The molecule has 1 atom stereocenters. The van der Waals surface area contributed by atoms with E-state index < -0.39 is 29.5 Å². The number of ketones is 1. The Morgan fingerprint density at radius 2 is 1.75 bits per heavy atom. The van der Waals surface area contributed by atoms with Crippen molar-refractivity contribution in [3.05, 3.63) is 94.6 Å². The summed E-state index contributed by atoms with van der Waals surface area (Å²) in [4.78, 5) is 39.9. The molecule has 8 heteroatoms. The number of nitrogens with zero attached hydrogens (tertiary/aromatic N) is 1. The number of Topliss-reactive ketones (excluding diaryl/α,β-unsaturated/α-hetero) is 1. The standard InChI is InChI=1S/C28H25NO7/c1-4-36-28(34)17-9-11-19(12-10-17)29-24(18-6-5-7-20(30)15-18)23(26(32)27(29)33)25(31)21-14-16(2)8-13-22(21)35-3/h5-15,24,30-31H,4H2,1-3H3/b25-23+. The lowest BCUT2D eigenvalue weighted by atomic mass is 9.94. The molecule has 1 amide bonds. The van der Waals surface area contributed by atoms with E-state index in [0.717, 1.165) is 5.56 Å². The Bertz CT molecular complexity index is 1370. The molecule has 1 unspecified atom stereocenters. The lowest BCUT2D eigenvalue weighted by molar-refractivity contribution is -0.132. The van der Waals surface area contributed by atoms with E-state index in [2.05, 4.69) is 0 Å². The molecule has 8 nitrogen and oxygen atoms in total. The monoisotopic (exact) mass is 487 g/mol. The van der Waals surface area contributed by atoms with Gasteiger partial charge in [0.1, 0.15) is 17.3 Å². The Balaban J connectivity index is 1.91. The predicted molar refractivity (Wildman–Crippen MR) is 133 cm³/mol. The van der Waals surface area contributed by atoms with Crippen LogP contribution in [0.15, 0.2) is 72.3 Å². The van der Waals surface area contributed by atoms with Crippen LogP contribution in [-0.2, 0) is 14.3 Å². The van der Waals surface area contributed by atoms with Gasteiger partial charge in [-0.2, -0.15) is 0 Å². The zero-order valence-electron chi connectivity index (χ0n) is 20.0. The van der Waals surface area contributed by atoms with Crippen molar-refractivity contribution in [1.29, 1.82) is 0 Å². The fourth-order valence-corrected chi connectivity index (χ4v) is 4.23. The molecule has 3 aromatic rings. The first-order valence-electron chi connectivity index (χ1n) is 11.3. The molecule has 1 aliphatic rings. The van der Waals surface area contributed by atoms with Crippen LogP contribution in [-0.4, -0.2) is 41.6 Å². The second-order valence-electron chi connectivity index (χ2n) is 8.24. The average molecular weight is 488 g/mol. The Hall–Kier alpha value is -4.59. The highest BCUT2D eigenvalue weighted by atomic mass is 16.5. The topological polar surface area (TPSA) is 113 Å². The number of phenolic OH excluding ortho intramolecular Hbond substituents is 1. The molecule has 1 saturated heterocycles. The summed E-state index contributed by atoms with van der Waals surface area (Å²) >= 11 is 0. The largest absolute Gasteiger partial charge is 0.508 e. The lowest BCUT2D eigenvalue weighted by Gasteiger charge is -2.26. The molecule has 4 rings (SSSR count). The molecule has 0 saturated carbocycles. The number of phenols is 1. The number of carbonyl (C=O) groups excluding carboxylic acids is 3. The second kappa shape index (κ2) is 9.95. The summed E-state index contributed by atoms with van der Waals surface area (Å²) in [7, 11) is 1.44. The number of ether oxygens (including phenoxy) is 2. The normalized spacial score (nSPS) is 16.8. The minimum absolute atomic E-state index is 0.0658. The fourth-order valence-electron chi connectivity index (χ4n) is 4.23. The molecule has 184 valence electrons. The van der Waals surface area contributed by atoms with E-state index in [9.17, 15) is 24.6 Å². The van der Waals surface area contributed by atoms with Crippen molar-refractivity contribution in [3.63, 3.8) is 0 Å². The van der Waals surface area contributed by atoms with Crippen molar-refractivity contribution in [2.75, 3.05) is 18.6 Å². The van der Waals surface area contributed by atoms with E-state index in [1.165, 1.54) is 48.4 Å². The van der Waals surface area contributed by atoms with Gasteiger partial charge < -0.3 is 19.7 Å². The Morgan fingerprint density at radius 3 is 2.39 bits per heavy atom. The molecule has 0 radical (unpaired) electrons. The average Bonchev–Trinajstić information content (AvgIpc) is 3.14. The van der Waals surface area contributed by atoms with Gasteiger partial charge in [0, 0.05) is 5.69 Å². The molecular formula is C28H25NO7. The van der Waals surface area contributed by atoms with Crippen LogP contribution in [0.4, 0.5) is 5.69 Å². The van der Waals surface area contributed by atoms with E-state index in [1.807, 2.05) is 6.92 Å². The number of carbonyl (C=O) groups is 3. The molecule has 0 aromatic heterocycles. The third kappa shape index (κ3) is 4.40. The Labute approximate surface area is 208 Å². The maximum Gasteiger partial charge on any atom is 0.338 e. The first-order valence-corrected chi connectivity index (χ1v) is 11.3. The number of aliphatic hydroxyl groups is 1. The summed E-state index contributed by atoms with van der Waals surface area (Å²) in [6, 6.07) is 16.3. The number of hydrogen-bond donors (Lipinski definition) is 2. The number of aromatic hydroxyl groups is 1. The third-order valence-electron chi connectivity index (χ3n) is 5.90. The highest BCUT2D eigenvalue weighted by Gasteiger charge is 2.47. The van der Waals surface area contributed by atoms with Crippen LogP contribution in [0.2, 0.25) is 0 Å². The highest BCUT2D eigenvalue weighted by molar-refractivity contribution is 6.51. The van der Waals surface area contributed by atoms with Crippen molar-refractivity contribution >= 4 is 29.1 Å². The van der Waals surface area contributed by atoms with Crippen LogP contribution in [0.3, 0.4) is 0 Å². The number of benzene rings is 3. The fraction of sp³-hybridized carbons (Fsp3) is 0.179. The van der Waals surface area contributed by atoms with Crippen molar-refractivity contribution in [2.24, 2.45) is 0 Å². The molecule has 2 N–H and O–H groups in total. The van der Waals surface area contributed by atoms with Crippen LogP contribution in [0.5, 0.6) is 11.5 Å². The van der Waals surface area contributed by atoms with Crippen molar-refractivity contribution in [3.8, 4) is 11.5 Å². The molecule has 1 heterocycles. The van der Waals surface area contributed by atoms with E-state index >= 15 is 0 Å². The van der Waals surface area contributed by atoms with Crippen LogP contribution in [0.25, 0.3) is 5.76 Å². The zero-order valence-corrected chi connectivity index (χ0v) is 20.0. The number of methoxy groups -OCH3 is 1. The number of anilines is 1. The van der Waals surface area contributed by atoms with E-state index in [-0.39, 0.29) is 29.1 Å². The molecule has 0 bridgehead atoms. The van der Waals surface area contributed by atoms with Gasteiger partial charge in [-0.05, 0) is 67.9 Å². The summed E-state index contributed by atoms with van der Waals surface area (Å²) < 4.78 is 10.4. The van der Waals surface area contributed by atoms with Crippen molar-refractivity contribution in [2.45, 2.75) is 19.9 Å². The SMILES string of the molecule is CCOC(=O)c1ccc(N2C(=O)C(=O)/C(=C(/O)c3cc(C)ccc3OC)C2c2cccc(O)c2)cc1. The summed E-state index contributed by atoms with van der Waals surface area (Å²) in [6.45, 7) is 3.74. The molecule has 3 aromatic carbocycles. The molecule has 36 heavy (non-hydrogen) atoms. The van der Waals surface area contributed by atoms with E-state index in [1.54, 1.807) is 37.3 Å². The molecule has 0 aliphatic carbocycles. The van der Waals surface area contributed by atoms with Gasteiger partial charge in [-0.15, -0.1) is 0 Å². The molecule has 0 spiro atoms. The van der Waals surface area contributed by atoms with E-state index in [4.69, 9.17) is 9.47 Å². The van der Waals surface area contributed by atoms with Gasteiger partial charge in [0.2, 0.25) is 0 Å². The number of aryl methyl sites for hydroxylation is 1. The van der Waals surface area contributed by atoms with Crippen molar-refractivity contribution in [1.82, 2.24) is 0 Å². The van der Waals surface area contributed by atoms with Crippen LogP contribution in [0.1, 0.15) is 40.0 Å². The third-order valence-corrected chi connectivity index (χ3v) is 5.90. The van der Waals surface area contributed by atoms with Gasteiger partial charge in [0.15, 0.2) is 0 Å². The first kappa shape index (κ1) is 24.5. The smallest absolute Gasteiger partial charge is 0.338 e. The molecule has 1 fully saturated rings. The van der Waals surface area contributed by atoms with Gasteiger partial charge in [-0.3, -0.25) is 14.5 Å². The van der Waals surface area contributed by atoms with Gasteiger partial charge in [-0.1, -0.05) is 23.8 Å². The number of amides is 1. The van der Waals surface area contributed by atoms with Crippen LogP contribution < -0.4 is 9.64 Å². The van der Waals surface area contributed by atoms with Crippen LogP contribution >= 0.6 is 0 Å². The summed E-state index contributed by atoms with van der Waals surface area (Å²) in [6.07, 6.45) is 0. The van der Waals surface area contributed by atoms with Gasteiger partial charge >= 0.3 is 5.97 Å². The van der Waals surface area contributed by atoms with Crippen molar-refractivity contribution < 1.29 is 34.1 Å². The van der Waals surface area contributed by atoms with Gasteiger partial charge in [0.25, 0.3) is 11.7 Å². The summed E-state index contributed by atoms with van der Waals surface area (Å²) in [5, 5.41) is 21.5. The maximum absolute atomic E-state index is 13.3. The first-order chi connectivity index (χ1) is 17.3. The van der Waals surface area contributed by atoms with E-state index in [0.29, 0.717) is 17.0 Å². The second-order valence-corrected chi connectivity index (χ2v) is 8.24. The maximum atomic E-state index is 13.3. The molecular weight excluding hydrogens is 462 g/mol. The summed E-state index contributed by atoms with van der Waals surface area (Å²) in [5.74, 6) is -2.39. The number of rotatable bonds is 6. The minimum atomic E-state index is -1.05. The zero-order chi connectivity index (χ0) is 26.0. The Kier molecular flexibility index (Phi) is 6.78. The minimum Gasteiger partial charge on any atom is -0.508 e. The Morgan fingerprint density at radius 1 is 1.03 bits per heavy atom. The molecule has 1 aliphatic heterocycles. The van der Waals surface area contributed by atoms with Gasteiger partial charge in [0.05, 0.1) is 36.5 Å². The highest BCUT2D eigenvalue weighted by Crippen LogP contribution is 2.44. The lowest BCUT2D eigenvalue weighted by Crippen LogP contribution is -2.29.